The fraction of sp³-hybridized carbons (Fsp3) is 0.250. The van der Waals surface area contributed by atoms with E-state index < -0.39 is 31.7 Å². The van der Waals surface area contributed by atoms with E-state index in [1.54, 1.807) is 19.1 Å². The van der Waals surface area contributed by atoms with Crippen molar-refractivity contribution in [3.8, 4) is 0 Å². The SMILES string of the molecule is Cc1cc(F)ccc1S(=O)(=O)N[C@@H](C)c1ccc(S(C)(=O)=O)cc1. The molecule has 0 unspecified atom stereocenters. The Labute approximate surface area is 141 Å². The highest BCUT2D eigenvalue weighted by Crippen LogP contribution is 2.21. The Kier molecular flexibility index (Phi) is 5.12. The molecule has 8 heteroatoms. The molecule has 130 valence electrons. The van der Waals surface area contributed by atoms with Gasteiger partial charge in [-0.2, -0.15) is 0 Å². The number of halogens is 1. The predicted octanol–water partition coefficient (Wildman–Crippen LogP) is 2.58. The van der Waals surface area contributed by atoms with Gasteiger partial charge in [0.05, 0.1) is 9.79 Å². The number of aryl methyl sites for hydroxylation is 1. The quantitative estimate of drug-likeness (QED) is 0.876. The molecule has 2 aromatic carbocycles. The molecule has 0 fully saturated rings. The maximum absolute atomic E-state index is 13.1. The third-order valence-corrected chi connectivity index (χ3v) is 6.40. The van der Waals surface area contributed by atoms with Crippen molar-refractivity contribution in [2.75, 3.05) is 6.26 Å². The zero-order chi connectivity index (χ0) is 18.1. The second-order valence-electron chi connectivity index (χ2n) is 5.59. The standard InChI is InChI=1S/C16H18FNO4S2/c1-11-10-14(17)6-9-16(11)24(21,22)18-12(2)13-4-7-15(8-5-13)23(3,19)20/h4-10,12,18H,1-3H3/t12-/m0/s1. The Morgan fingerprint density at radius 2 is 1.58 bits per heavy atom. The summed E-state index contributed by atoms with van der Waals surface area (Å²) >= 11 is 0. The van der Waals surface area contributed by atoms with Crippen molar-refractivity contribution >= 4 is 19.9 Å². The summed E-state index contributed by atoms with van der Waals surface area (Å²) in [6, 6.07) is 8.85. The van der Waals surface area contributed by atoms with Gasteiger partial charge in [0.1, 0.15) is 5.82 Å². The van der Waals surface area contributed by atoms with E-state index in [2.05, 4.69) is 4.72 Å². The van der Waals surface area contributed by atoms with E-state index in [1.807, 2.05) is 0 Å². The monoisotopic (exact) mass is 371 g/mol. The number of nitrogens with one attached hydrogen (secondary N) is 1. The van der Waals surface area contributed by atoms with Gasteiger partial charge in [0.25, 0.3) is 0 Å². The van der Waals surface area contributed by atoms with Crippen LogP contribution in [-0.4, -0.2) is 23.1 Å². The molecule has 0 radical (unpaired) electrons. The van der Waals surface area contributed by atoms with Gasteiger partial charge in [-0.05, 0) is 55.3 Å². The van der Waals surface area contributed by atoms with Gasteiger partial charge in [0.15, 0.2) is 9.84 Å². The molecule has 24 heavy (non-hydrogen) atoms. The zero-order valence-corrected chi connectivity index (χ0v) is 15.1. The minimum Gasteiger partial charge on any atom is -0.224 e. The lowest BCUT2D eigenvalue weighted by Gasteiger charge is -2.16. The summed E-state index contributed by atoms with van der Waals surface area (Å²) in [5.41, 5.74) is 0.924. The molecule has 0 aliphatic carbocycles. The first kappa shape index (κ1) is 18.6. The summed E-state index contributed by atoms with van der Waals surface area (Å²) in [5.74, 6) is -0.504. The third kappa shape index (κ3) is 4.19. The second-order valence-corrected chi connectivity index (χ2v) is 9.29. The topological polar surface area (TPSA) is 80.3 Å². The molecule has 0 spiro atoms. The molecule has 0 saturated carbocycles. The molecule has 5 nitrogen and oxygen atoms in total. The first-order chi connectivity index (χ1) is 11.0. The van der Waals surface area contributed by atoms with Crippen LogP contribution in [0, 0.1) is 12.7 Å². The van der Waals surface area contributed by atoms with Gasteiger partial charge in [-0.25, -0.2) is 25.9 Å². The summed E-state index contributed by atoms with van der Waals surface area (Å²) in [6.07, 6.45) is 1.10. The highest BCUT2D eigenvalue weighted by atomic mass is 32.2. The van der Waals surface area contributed by atoms with Crippen molar-refractivity contribution in [3.05, 3.63) is 59.4 Å². The first-order valence-electron chi connectivity index (χ1n) is 7.09. The van der Waals surface area contributed by atoms with E-state index in [4.69, 9.17) is 0 Å². The van der Waals surface area contributed by atoms with Crippen LogP contribution in [0.1, 0.15) is 24.1 Å². The normalized spacial score (nSPS) is 13.7. The van der Waals surface area contributed by atoms with Crippen LogP contribution in [0.5, 0.6) is 0 Å². The summed E-state index contributed by atoms with van der Waals surface area (Å²) < 4.78 is 63.4. The highest BCUT2D eigenvalue weighted by molar-refractivity contribution is 7.90. The van der Waals surface area contributed by atoms with E-state index in [-0.39, 0.29) is 9.79 Å². The molecule has 0 amide bonds. The number of hydrogen-bond donors (Lipinski definition) is 1. The Morgan fingerprint density at radius 3 is 2.08 bits per heavy atom. The summed E-state index contributed by atoms with van der Waals surface area (Å²) in [5, 5.41) is 0. The number of hydrogen-bond acceptors (Lipinski definition) is 4. The van der Waals surface area contributed by atoms with Crippen molar-refractivity contribution in [2.24, 2.45) is 0 Å². The third-order valence-electron chi connectivity index (χ3n) is 3.57. The fourth-order valence-corrected chi connectivity index (χ4v) is 4.37. The minimum atomic E-state index is -3.83. The molecule has 2 rings (SSSR count). The molecule has 0 aromatic heterocycles. The van der Waals surface area contributed by atoms with E-state index in [9.17, 15) is 21.2 Å². The Morgan fingerprint density at radius 1 is 1.00 bits per heavy atom. The van der Waals surface area contributed by atoms with Crippen LogP contribution < -0.4 is 4.72 Å². The molecular weight excluding hydrogens is 353 g/mol. The highest BCUT2D eigenvalue weighted by Gasteiger charge is 2.21. The summed E-state index contributed by atoms with van der Waals surface area (Å²) in [6.45, 7) is 3.16. The summed E-state index contributed by atoms with van der Waals surface area (Å²) in [4.78, 5) is 0.166. The van der Waals surface area contributed by atoms with Gasteiger partial charge >= 0.3 is 0 Å². The maximum Gasteiger partial charge on any atom is 0.241 e. The number of sulfonamides is 1. The van der Waals surface area contributed by atoms with Crippen LogP contribution in [0.4, 0.5) is 4.39 Å². The Hall–Kier alpha value is -1.77. The van der Waals surface area contributed by atoms with Gasteiger partial charge in [-0.1, -0.05) is 12.1 Å². The lowest BCUT2D eigenvalue weighted by Crippen LogP contribution is -2.27. The van der Waals surface area contributed by atoms with E-state index in [1.165, 1.54) is 25.1 Å². The first-order valence-corrected chi connectivity index (χ1v) is 10.5. The molecule has 0 aliphatic rings. The van der Waals surface area contributed by atoms with Gasteiger partial charge in [-0.15, -0.1) is 0 Å². The average Bonchev–Trinajstić information content (AvgIpc) is 2.45. The minimum absolute atomic E-state index is 0.00325. The molecule has 0 aliphatic heterocycles. The fourth-order valence-electron chi connectivity index (χ4n) is 2.28. The molecule has 0 bridgehead atoms. The van der Waals surface area contributed by atoms with Gasteiger partial charge in [0.2, 0.25) is 10.0 Å². The number of rotatable bonds is 5. The molecule has 2 aromatic rings. The van der Waals surface area contributed by atoms with Gasteiger partial charge in [0, 0.05) is 12.3 Å². The lowest BCUT2D eigenvalue weighted by atomic mass is 10.1. The van der Waals surface area contributed by atoms with Crippen molar-refractivity contribution in [1.82, 2.24) is 4.72 Å². The molecule has 1 atom stereocenters. The van der Waals surface area contributed by atoms with Crippen LogP contribution in [0.3, 0.4) is 0 Å². The van der Waals surface area contributed by atoms with E-state index in [0.717, 1.165) is 18.4 Å². The van der Waals surface area contributed by atoms with Crippen LogP contribution >= 0.6 is 0 Å². The van der Waals surface area contributed by atoms with E-state index >= 15 is 0 Å². The van der Waals surface area contributed by atoms with Crippen molar-refractivity contribution < 1.29 is 21.2 Å². The largest absolute Gasteiger partial charge is 0.241 e. The Bertz CT molecular complexity index is 952. The Balaban J connectivity index is 2.26. The summed E-state index contributed by atoms with van der Waals surface area (Å²) in [7, 11) is -7.14. The molecular formula is C16H18FNO4S2. The maximum atomic E-state index is 13.1. The molecule has 1 N–H and O–H groups in total. The van der Waals surface area contributed by atoms with Crippen molar-refractivity contribution in [3.63, 3.8) is 0 Å². The number of benzene rings is 2. The van der Waals surface area contributed by atoms with Crippen LogP contribution in [-0.2, 0) is 19.9 Å². The zero-order valence-electron chi connectivity index (χ0n) is 13.4. The van der Waals surface area contributed by atoms with Crippen LogP contribution in [0.2, 0.25) is 0 Å². The van der Waals surface area contributed by atoms with E-state index in [0.29, 0.717) is 11.1 Å². The van der Waals surface area contributed by atoms with Crippen LogP contribution in [0.15, 0.2) is 52.3 Å². The van der Waals surface area contributed by atoms with Gasteiger partial charge < -0.3 is 0 Å². The van der Waals surface area contributed by atoms with Crippen molar-refractivity contribution in [1.29, 1.82) is 0 Å². The van der Waals surface area contributed by atoms with Crippen molar-refractivity contribution in [2.45, 2.75) is 29.7 Å². The second kappa shape index (κ2) is 6.62. The average molecular weight is 371 g/mol. The van der Waals surface area contributed by atoms with Gasteiger partial charge in [-0.3, -0.25) is 0 Å². The molecule has 0 heterocycles. The molecule has 0 saturated heterocycles. The van der Waals surface area contributed by atoms with Crippen LogP contribution in [0.25, 0.3) is 0 Å². The predicted molar refractivity (Wildman–Crippen MR) is 89.4 cm³/mol. The lowest BCUT2D eigenvalue weighted by molar-refractivity contribution is 0.565. The smallest absolute Gasteiger partial charge is 0.224 e. The number of sulfone groups is 1.